The van der Waals surface area contributed by atoms with Gasteiger partial charge in [-0.05, 0) is 52.4 Å². The van der Waals surface area contributed by atoms with Crippen LogP contribution in [-0.2, 0) is 6.54 Å². The van der Waals surface area contributed by atoms with E-state index >= 15 is 0 Å². The Bertz CT molecular complexity index is 704. The van der Waals surface area contributed by atoms with E-state index in [1.807, 2.05) is 46.9 Å². The highest BCUT2D eigenvalue weighted by Gasteiger charge is 2.08. The van der Waals surface area contributed by atoms with E-state index in [0.717, 1.165) is 11.1 Å². The molecule has 0 radical (unpaired) electrons. The second kappa shape index (κ2) is 6.86. The number of rotatable bonds is 4. The Balaban J connectivity index is 2.05. The Morgan fingerprint density at radius 3 is 2.67 bits per heavy atom. The van der Waals surface area contributed by atoms with Crippen LogP contribution in [0.1, 0.15) is 21.5 Å². The van der Waals surface area contributed by atoms with E-state index in [4.69, 9.17) is 18.0 Å². The van der Waals surface area contributed by atoms with Crippen molar-refractivity contribution in [2.45, 2.75) is 6.54 Å². The molecule has 0 spiro atoms. The van der Waals surface area contributed by atoms with Crippen LogP contribution in [0.5, 0.6) is 5.75 Å². The van der Waals surface area contributed by atoms with Crippen molar-refractivity contribution in [3.05, 3.63) is 62.7 Å². The first kappa shape index (κ1) is 15.7. The fraction of sp³-hybridized carbons (Fsp3) is 0.0667. The van der Waals surface area contributed by atoms with Crippen molar-refractivity contribution in [2.24, 2.45) is 5.73 Å². The zero-order valence-corrected chi connectivity index (χ0v) is 13.9. The molecule has 4 nitrogen and oxygen atoms in total. The molecular weight excluding hydrogens is 399 g/mol. The minimum absolute atomic E-state index is 0.0960. The van der Waals surface area contributed by atoms with Crippen LogP contribution in [0.2, 0.25) is 0 Å². The molecule has 0 aliphatic carbocycles. The summed E-state index contributed by atoms with van der Waals surface area (Å²) in [5, 5.41) is 12.4. The second-order valence-electron chi connectivity index (χ2n) is 4.41. The summed E-state index contributed by atoms with van der Waals surface area (Å²) in [6, 6.07) is 12.2. The molecule has 0 saturated heterocycles. The fourth-order valence-corrected chi connectivity index (χ4v) is 2.24. The minimum Gasteiger partial charge on any atom is -0.507 e. The van der Waals surface area contributed by atoms with Gasteiger partial charge in [0.05, 0.1) is 3.57 Å². The van der Waals surface area contributed by atoms with Gasteiger partial charge in [0.2, 0.25) is 0 Å². The molecule has 2 rings (SSSR count). The number of thiocarbonyl (C=S) groups is 1. The predicted molar refractivity (Wildman–Crippen MR) is 94.3 cm³/mol. The Kier molecular flexibility index (Phi) is 5.13. The maximum absolute atomic E-state index is 12.0. The third kappa shape index (κ3) is 4.15. The quantitative estimate of drug-likeness (QED) is 0.533. The van der Waals surface area contributed by atoms with Crippen LogP contribution in [0.4, 0.5) is 0 Å². The normalized spacial score (nSPS) is 10.1. The number of aromatic hydroxyl groups is 1. The first-order chi connectivity index (χ1) is 9.97. The molecule has 0 saturated carbocycles. The van der Waals surface area contributed by atoms with Crippen LogP contribution in [-0.4, -0.2) is 16.0 Å². The van der Waals surface area contributed by atoms with Crippen molar-refractivity contribution in [3.8, 4) is 5.75 Å². The van der Waals surface area contributed by atoms with E-state index < -0.39 is 0 Å². The molecule has 2 aromatic rings. The van der Waals surface area contributed by atoms with Crippen molar-refractivity contribution in [2.75, 3.05) is 0 Å². The number of benzene rings is 2. The number of hydrogen-bond donors (Lipinski definition) is 3. The fourth-order valence-electron chi connectivity index (χ4n) is 1.77. The van der Waals surface area contributed by atoms with E-state index in [2.05, 4.69) is 5.32 Å². The predicted octanol–water partition coefficient (Wildman–Crippen LogP) is 2.56. The van der Waals surface area contributed by atoms with Crippen LogP contribution >= 0.6 is 34.8 Å². The highest BCUT2D eigenvalue weighted by molar-refractivity contribution is 14.1. The molecule has 0 bridgehead atoms. The zero-order chi connectivity index (χ0) is 15.4. The highest BCUT2D eigenvalue weighted by Crippen LogP contribution is 2.20. The molecule has 0 aromatic heterocycles. The Hall–Kier alpha value is -1.67. The lowest BCUT2D eigenvalue weighted by atomic mass is 10.1. The van der Waals surface area contributed by atoms with E-state index in [9.17, 15) is 9.90 Å². The van der Waals surface area contributed by atoms with Crippen molar-refractivity contribution in [1.82, 2.24) is 5.32 Å². The van der Waals surface area contributed by atoms with Crippen molar-refractivity contribution in [3.63, 3.8) is 0 Å². The molecular formula is C15H13IN2O2S. The Morgan fingerprint density at radius 1 is 1.24 bits per heavy atom. The Labute approximate surface area is 141 Å². The van der Waals surface area contributed by atoms with Gasteiger partial charge < -0.3 is 16.2 Å². The molecule has 0 aliphatic rings. The summed E-state index contributed by atoms with van der Waals surface area (Å²) in [4.78, 5) is 12.3. The molecule has 108 valence electrons. The number of carbonyl (C=O) groups excluding carboxylic acids is 1. The summed E-state index contributed by atoms with van der Waals surface area (Å²) in [7, 11) is 0. The first-order valence-corrected chi connectivity index (χ1v) is 7.61. The number of phenolic OH excluding ortho intramolecular Hbond substituents is 1. The van der Waals surface area contributed by atoms with E-state index in [-0.39, 0.29) is 11.7 Å². The molecule has 0 heterocycles. The summed E-state index contributed by atoms with van der Waals surface area (Å²) in [6.45, 7) is 0.363. The lowest BCUT2D eigenvalue weighted by Crippen LogP contribution is -2.23. The second-order valence-corrected chi connectivity index (χ2v) is 6.02. The van der Waals surface area contributed by atoms with Gasteiger partial charge in [-0.1, -0.05) is 30.4 Å². The summed E-state index contributed by atoms with van der Waals surface area (Å²) in [5.74, 6) is -0.152. The maximum Gasteiger partial charge on any atom is 0.251 e. The SMILES string of the molecule is NC(=S)c1cccc(CNC(=O)c2ccc(I)c(O)c2)c1. The van der Waals surface area contributed by atoms with Gasteiger partial charge in [0.1, 0.15) is 10.7 Å². The molecule has 4 N–H and O–H groups in total. The minimum atomic E-state index is -0.248. The number of carbonyl (C=O) groups is 1. The number of halogens is 1. The number of nitrogens with two attached hydrogens (primary N) is 1. The number of hydrogen-bond acceptors (Lipinski definition) is 3. The van der Waals surface area contributed by atoms with Gasteiger partial charge in [0.15, 0.2) is 0 Å². The standard InChI is InChI=1S/C15H13IN2O2S/c16-12-5-4-11(7-13(12)19)15(20)18-8-9-2-1-3-10(6-9)14(17)21/h1-7,19H,8H2,(H2,17,21)(H,18,20). The van der Waals surface area contributed by atoms with Gasteiger partial charge in [0, 0.05) is 17.7 Å². The van der Waals surface area contributed by atoms with Gasteiger partial charge in [0.25, 0.3) is 5.91 Å². The van der Waals surface area contributed by atoms with E-state index in [1.54, 1.807) is 12.1 Å². The summed E-state index contributed by atoms with van der Waals surface area (Å²) >= 11 is 6.92. The van der Waals surface area contributed by atoms with Gasteiger partial charge in [-0.2, -0.15) is 0 Å². The lowest BCUT2D eigenvalue weighted by Gasteiger charge is -2.07. The zero-order valence-electron chi connectivity index (χ0n) is 11.0. The summed E-state index contributed by atoms with van der Waals surface area (Å²) < 4.78 is 0.702. The smallest absolute Gasteiger partial charge is 0.251 e. The Morgan fingerprint density at radius 2 is 2.00 bits per heavy atom. The van der Waals surface area contributed by atoms with Crippen LogP contribution < -0.4 is 11.1 Å². The molecule has 0 aliphatic heterocycles. The van der Waals surface area contributed by atoms with Gasteiger partial charge >= 0.3 is 0 Å². The van der Waals surface area contributed by atoms with Gasteiger partial charge in [-0.25, -0.2) is 0 Å². The third-order valence-electron chi connectivity index (χ3n) is 2.87. The van der Waals surface area contributed by atoms with Gasteiger partial charge in [-0.15, -0.1) is 0 Å². The summed E-state index contributed by atoms with van der Waals surface area (Å²) in [5.41, 5.74) is 7.66. The molecule has 21 heavy (non-hydrogen) atoms. The lowest BCUT2D eigenvalue weighted by molar-refractivity contribution is 0.0950. The largest absolute Gasteiger partial charge is 0.507 e. The summed E-state index contributed by atoms with van der Waals surface area (Å²) in [6.07, 6.45) is 0. The molecule has 2 aromatic carbocycles. The highest BCUT2D eigenvalue weighted by atomic mass is 127. The molecule has 6 heteroatoms. The average molecular weight is 412 g/mol. The molecule has 0 fully saturated rings. The van der Waals surface area contributed by atoms with E-state index in [1.165, 1.54) is 6.07 Å². The van der Waals surface area contributed by atoms with Crippen LogP contribution in [0.25, 0.3) is 0 Å². The van der Waals surface area contributed by atoms with Gasteiger partial charge in [-0.3, -0.25) is 4.79 Å². The topological polar surface area (TPSA) is 75.3 Å². The van der Waals surface area contributed by atoms with E-state index in [0.29, 0.717) is 20.7 Å². The van der Waals surface area contributed by atoms with Crippen LogP contribution in [0, 0.1) is 3.57 Å². The van der Waals surface area contributed by atoms with Crippen molar-refractivity contribution in [1.29, 1.82) is 0 Å². The number of phenols is 1. The molecule has 0 atom stereocenters. The number of nitrogens with one attached hydrogen (secondary N) is 1. The maximum atomic E-state index is 12.0. The molecule has 1 amide bonds. The number of amides is 1. The van der Waals surface area contributed by atoms with Crippen LogP contribution in [0.15, 0.2) is 42.5 Å². The average Bonchev–Trinajstić information content (AvgIpc) is 2.48. The van der Waals surface area contributed by atoms with Crippen LogP contribution in [0.3, 0.4) is 0 Å². The third-order valence-corrected chi connectivity index (χ3v) is 4.02. The van der Waals surface area contributed by atoms with Crippen molar-refractivity contribution < 1.29 is 9.90 Å². The monoisotopic (exact) mass is 412 g/mol. The molecule has 0 unspecified atom stereocenters. The first-order valence-electron chi connectivity index (χ1n) is 6.13. The van der Waals surface area contributed by atoms with Crippen molar-refractivity contribution >= 4 is 45.7 Å².